The minimum absolute atomic E-state index is 0.404. The predicted octanol–water partition coefficient (Wildman–Crippen LogP) is 3.16. The monoisotopic (exact) mass is 237 g/mol. The molecule has 0 aliphatic heterocycles. The third-order valence-corrected chi connectivity index (χ3v) is 4.25. The highest BCUT2D eigenvalue weighted by Gasteiger charge is 2.28. The van der Waals surface area contributed by atoms with Crippen molar-refractivity contribution in [1.29, 1.82) is 0 Å². The van der Waals surface area contributed by atoms with E-state index in [1.54, 1.807) is 5.57 Å². The largest absolute Gasteiger partial charge is 0.389 e. The first-order valence-electron chi connectivity index (χ1n) is 7.40. The van der Waals surface area contributed by atoms with Gasteiger partial charge in [-0.15, -0.1) is 0 Å². The standard InChI is InChI=1S/C15H27NO/c17-15(10-5-2-6-11-15)13-16-12-9-14-7-3-1-4-8-14/h7,16-17H,1-6,8-13H2. The van der Waals surface area contributed by atoms with Crippen molar-refractivity contribution in [2.75, 3.05) is 13.1 Å². The maximum absolute atomic E-state index is 10.3. The van der Waals surface area contributed by atoms with Gasteiger partial charge < -0.3 is 10.4 Å². The van der Waals surface area contributed by atoms with Crippen LogP contribution in [0.4, 0.5) is 0 Å². The number of nitrogens with one attached hydrogen (secondary N) is 1. The molecule has 0 saturated heterocycles. The molecule has 0 amide bonds. The summed E-state index contributed by atoms with van der Waals surface area (Å²) in [6.45, 7) is 1.83. The maximum Gasteiger partial charge on any atom is 0.0771 e. The van der Waals surface area contributed by atoms with E-state index in [4.69, 9.17) is 0 Å². The third kappa shape index (κ3) is 4.44. The molecule has 17 heavy (non-hydrogen) atoms. The predicted molar refractivity (Wildman–Crippen MR) is 72.1 cm³/mol. The van der Waals surface area contributed by atoms with Crippen molar-refractivity contribution < 1.29 is 5.11 Å². The molecule has 2 rings (SSSR count). The molecule has 2 heteroatoms. The minimum Gasteiger partial charge on any atom is -0.389 e. The Kier molecular flexibility index (Phi) is 5.05. The van der Waals surface area contributed by atoms with Crippen molar-refractivity contribution in [3.63, 3.8) is 0 Å². The van der Waals surface area contributed by atoms with Gasteiger partial charge >= 0.3 is 0 Å². The van der Waals surface area contributed by atoms with E-state index in [9.17, 15) is 5.11 Å². The van der Waals surface area contributed by atoms with Crippen LogP contribution < -0.4 is 5.32 Å². The van der Waals surface area contributed by atoms with E-state index in [2.05, 4.69) is 11.4 Å². The number of rotatable bonds is 5. The van der Waals surface area contributed by atoms with Crippen molar-refractivity contribution in [1.82, 2.24) is 5.32 Å². The maximum atomic E-state index is 10.3. The molecule has 1 saturated carbocycles. The Labute approximate surface area is 105 Å². The van der Waals surface area contributed by atoms with Crippen LogP contribution in [-0.4, -0.2) is 23.8 Å². The summed E-state index contributed by atoms with van der Waals surface area (Å²) >= 11 is 0. The van der Waals surface area contributed by atoms with Crippen LogP contribution in [0.2, 0.25) is 0 Å². The molecule has 0 aromatic heterocycles. The second kappa shape index (κ2) is 6.55. The summed E-state index contributed by atoms with van der Waals surface area (Å²) in [4.78, 5) is 0. The molecule has 0 spiro atoms. The second-order valence-corrected chi connectivity index (χ2v) is 5.82. The molecule has 2 aliphatic carbocycles. The van der Waals surface area contributed by atoms with Crippen molar-refractivity contribution in [3.05, 3.63) is 11.6 Å². The Bertz CT molecular complexity index is 254. The van der Waals surface area contributed by atoms with Crippen LogP contribution in [0.25, 0.3) is 0 Å². The summed E-state index contributed by atoms with van der Waals surface area (Å²) in [5.41, 5.74) is 1.22. The van der Waals surface area contributed by atoms with E-state index in [-0.39, 0.29) is 0 Å². The van der Waals surface area contributed by atoms with Crippen molar-refractivity contribution in [2.45, 2.75) is 69.8 Å². The molecule has 0 unspecified atom stereocenters. The van der Waals surface area contributed by atoms with Crippen LogP contribution in [0.5, 0.6) is 0 Å². The van der Waals surface area contributed by atoms with E-state index in [1.165, 1.54) is 51.4 Å². The first-order chi connectivity index (χ1) is 8.29. The average molecular weight is 237 g/mol. The van der Waals surface area contributed by atoms with Gasteiger partial charge in [0.2, 0.25) is 0 Å². The second-order valence-electron chi connectivity index (χ2n) is 5.82. The van der Waals surface area contributed by atoms with Crippen LogP contribution >= 0.6 is 0 Å². The van der Waals surface area contributed by atoms with E-state index in [0.717, 1.165) is 25.9 Å². The Morgan fingerprint density at radius 1 is 1.12 bits per heavy atom. The summed E-state index contributed by atoms with van der Waals surface area (Å²) in [5, 5.41) is 13.8. The fourth-order valence-corrected chi connectivity index (χ4v) is 3.09. The van der Waals surface area contributed by atoms with Crippen LogP contribution in [0.15, 0.2) is 11.6 Å². The fraction of sp³-hybridized carbons (Fsp3) is 0.867. The van der Waals surface area contributed by atoms with Crippen LogP contribution in [0.1, 0.15) is 64.2 Å². The number of hydrogen-bond donors (Lipinski definition) is 2. The third-order valence-electron chi connectivity index (χ3n) is 4.25. The Balaban J connectivity index is 1.60. The average Bonchev–Trinajstić information content (AvgIpc) is 2.37. The van der Waals surface area contributed by atoms with E-state index in [1.807, 2.05) is 0 Å². The summed E-state index contributed by atoms with van der Waals surface area (Å²) in [7, 11) is 0. The van der Waals surface area contributed by atoms with Crippen molar-refractivity contribution >= 4 is 0 Å². The van der Waals surface area contributed by atoms with E-state index in [0.29, 0.717) is 0 Å². The zero-order chi connectivity index (χ0) is 12.0. The first kappa shape index (κ1) is 13.1. The fourth-order valence-electron chi connectivity index (χ4n) is 3.09. The lowest BCUT2D eigenvalue weighted by molar-refractivity contribution is 0.00516. The van der Waals surface area contributed by atoms with Crippen LogP contribution in [-0.2, 0) is 0 Å². The Morgan fingerprint density at radius 3 is 2.65 bits per heavy atom. The summed E-state index contributed by atoms with van der Waals surface area (Å²) < 4.78 is 0. The molecule has 0 aromatic carbocycles. The molecular formula is C15H27NO. The highest BCUT2D eigenvalue weighted by molar-refractivity contribution is 5.05. The van der Waals surface area contributed by atoms with Gasteiger partial charge in [-0.2, -0.15) is 0 Å². The minimum atomic E-state index is -0.404. The lowest BCUT2D eigenvalue weighted by atomic mass is 9.85. The van der Waals surface area contributed by atoms with Crippen molar-refractivity contribution in [2.24, 2.45) is 0 Å². The topological polar surface area (TPSA) is 32.3 Å². The Morgan fingerprint density at radius 2 is 1.94 bits per heavy atom. The SMILES string of the molecule is OC1(CNCCC2=CCCCC2)CCCCC1. The number of allylic oxidation sites excluding steroid dienone is 1. The van der Waals surface area contributed by atoms with Gasteiger partial charge in [0.05, 0.1) is 5.60 Å². The van der Waals surface area contributed by atoms with Gasteiger partial charge in [0.1, 0.15) is 0 Å². The molecule has 0 radical (unpaired) electrons. The smallest absolute Gasteiger partial charge is 0.0771 e. The molecule has 2 aliphatic rings. The van der Waals surface area contributed by atoms with Crippen molar-refractivity contribution in [3.8, 4) is 0 Å². The summed E-state index contributed by atoms with van der Waals surface area (Å²) in [5.74, 6) is 0. The molecule has 2 N–H and O–H groups in total. The molecule has 1 fully saturated rings. The van der Waals surface area contributed by atoms with Gasteiger partial charge in [-0.1, -0.05) is 30.9 Å². The highest BCUT2D eigenvalue weighted by Crippen LogP contribution is 2.27. The van der Waals surface area contributed by atoms with Gasteiger partial charge in [-0.05, 0) is 51.5 Å². The number of hydrogen-bond acceptors (Lipinski definition) is 2. The van der Waals surface area contributed by atoms with E-state index >= 15 is 0 Å². The first-order valence-corrected chi connectivity index (χ1v) is 7.40. The van der Waals surface area contributed by atoms with Gasteiger partial charge in [0, 0.05) is 6.54 Å². The lowest BCUT2D eigenvalue weighted by Gasteiger charge is -2.32. The molecule has 2 nitrogen and oxygen atoms in total. The summed E-state index contributed by atoms with van der Waals surface area (Å²) in [6, 6.07) is 0. The summed E-state index contributed by atoms with van der Waals surface area (Å²) in [6.07, 6.45) is 14.6. The van der Waals surface area contributed by atoms with Gasteiger partial charge in [0.25, 0.3) is 0 Å². The van der Waals surface area contributed by atoms with Crippen LogP contribution in [0.3, 0.4) is 0 Å². The van der Waals surface area contributed by atoms with Crippen LogP contribution in [0, 0.1) is 0 Å². The molecule has 0 bridgehead atoms. The van der Waals surface area contributed by atoms with Gasteiger partial charge in [0.15, 0.2) is 0 Å². The zero-order valence-corrected chi connectivity index (χ0v) is 11.0. The molecule has 0 atom stereocenters. The molecular weight excluding hydrogens is 210 g/mol. The highest BCUT2D eigenvalue weighted by atomic mass is 16.3. The normalized spacial score (nSPS) is 24.4. The quantitative estimate of drug-likeness (QED) is 0.568. The number of aliphatic hydroxyl groups is 1. The van der Waals surface area contributed by atoms with Gasteiger partial charge in [-0.25, -0.2) is 0 Å². The van der Waals surface area contributed by atoms with Gasteiger partial charge in [-0.3, -0.25) is 0 Å². The van der Waals surface area contributed by atoms with E-state index < -0.39 is 5.60 Å². The molecule has 0 aromatic rings. The zero-order valence-electron chi connectivity index (χ0n) is 11.0. The lowest BCUT2D eigenvalue weighted by Crippen LogP contribution is -2.42. The molecule has 98 valence electrons. The Hall–Kier alpha value is -0.340. The molecule has 0 heterocycles.